The van der Waals surface area contributed by atoms with Crippen LogP contribution >= 0.6 is 23.2 Å². The first-order chi connectivity index (χ1) is 12.9. The van der Waals surface area contributed by atoms with Gasteiger partial charge in [0.05, 0.1) is 5.84 Å². The molecule has 3 N–H and O–H groups in total. The number of rotatable bonds is 11. The number of aliphatic imine (C=N–C) groups is 1. The second-order valence-corrected chi connectivity index (χ2v) is 7.26. The average molecular weight is 406 g/mol. The molecule has 0 aliphatic heterocycles. The summed E-state index contributed by atoms with van der Waals surface area (Å²) in [5.41, 5.74) is 9.97. The molecular weight excluding hydrogens is 377 g/mol. The van der Waals surface area contributed by atoms with E-state index in [0.717, 1.165) is 42.4 Å². The standard InChI is InChI=1S/C22H29Cl2N3/c1-4-5-7-18(17(3)15-25)11-10-16(2)12-13-27-22(26)14-19-20(23)8-6-9-21(19)24/h6,8-11,15,25H,2,4-5,7,12-14H2,1,3H3,(H2,26,27). The number of nitrogens with zero attached hydrogens (tertiary/aromatic N) is 1. The molecular formula is C22H29Cl2N3. The Morgan fingerprint density at radius 3 is 2.48 bits per heavy atom. The van der Waals surface area contributed by atoms with Gasteiger partial charge in [-0.25, -0.2) is 0 Å². The Kier molecular flexibility index (Phi) is 10.8. The fourth-order valence-corrected chi connectivity index (χ4v) is 2.99. The zero-order valence-electron chi connectivity index (χ0n) is 16.2. The van der Waals surface area contributed by atoms with Crippen LogP contribution in [0.1, 0.15) is 45.1 Å². The first-order valence-corrected chi connectivity index (χ1v) is 9.92. The number of nitrogens with two attached hydrogens (primary N) is 1. The van der Waals surface area contributed by atoms with Gasteiger partial charge < -0.3 is 11.1 Å². The van der Waals surface area contributed by atoms with Crippen molar-refractivity contribution in [1.82, 2.24) is 0 Å². The number of nitrogens with one attached hydrogen (secondary N) is 1. The van der Waals surface area contributed by atoms with Crippen molar-refractivity contribution >= 4 is 35.3 Å². The molecule has 0 saturated carbocycles. The van der Waals surface area contributed by atoms with Gasteiger partial charge in [0, 0.05) is 29.2 Å². The Morgan fingerprint density at radius 2 is 1.89 bits per heavy atom. The predicted octanol–water partition coefficient (Wildman–Crippen LogP) is 6.55. The number of hydrogen-bond donors (Lipinski definition) is 2. The number of amidine groups is 1. The van der Waals surface area contributed by atoms with Crippen molar-refractivity contribution in [3.63, 3.8) is 0 Å². The van der Waals surface area contributed by atoms with Crippen molar-refractivity contribution in [3.05, 3.63) is 69.3 Å². The second kappa shape index (κ2) is 12.5. The fraction of sp³-hybridized carbons (Fsp3) is 0.364. The third-order valence-electron chi connectivity index (χ3n) is 4.21. The highest BCUT2D eigenvalue weighted by molar-refractivity contribution is 6.36. The van der Waals surface area contributed by atoms with E-state index in [2.05, 4.69) is 24.6 Å². The molecule has 0 radical (unpaired) electrons. The molecule has 0 amide bonds. The van der Waals surface area contributed by atoms with E-state index in [-0.39, 0.29) is 0 Å². The van der Waals surface area contributed by atoms with E-state index in [9.17, 15) is 0 Å². The van der Waals surface area contributed by atoms with Crippen LogP contribution in [0.15, 0.2) is 58.6 Å². The molecule has 1 rings (SSSR count). The predicted molar refractivity (Wildman–Crippen MR) is 121 cm³/mol. The van der Waals surface area contributed by atoms with Crippen LogP contribution in [0.4, 0.5) is 0 Å². The van der Waals surface area contributed by atoms with Crippen LogP contribution in [0.25, 0.3) is 0 Å². The highest BCUT2D eigenvalue weighted by atomic mass is 35.5. The minimum Gasteiger partial charge on any atom is -0.387 e. The molecule has 0 bridgehead atoms. The first-order valence-electron chi connectivity index (χ1n) is 9.16. The monoisotopic (exact) mass is 405 g/mol. The van der Waals surface area contributed by atoms with Gasteiger partial charge in [0.15, 0.2) is 0 Å². The topological polar surface area (TPSA) is 62.2 Å². The van der Waals surface area contributed by atoms with Crippen LogP contribution in [0.2, 0.25) is 10.0 Å². The number of allylic oxidation sites excluding steroid dienone is 4. The summed E-state index contributed by atoms with van der Waals surface area (Å²) in [6.07, 6.45) is 9.86. The van der Waals surface area contributed by atoms with Crippen LogP contribution < -0.4 is 5.73 Å². The molecule has 1 aromatic carbocycles. The number of halogens is 2. The maximum atomic E-state index is 7.45. The van der Waals surface area contributed by atoms with Crippen LogP contribution in [0.5, 0.6) is 0 Å². The van der Waals surface area contributed by atoms with Crippen LogP contribution in [-0.2, 0) is 6.42 Å². The largest absolute Gasteiger partial charge is 0.387 e. The summed E-state index contributed by atoms with van der Waals surface area (Å²) in [6, 6.07) is 5.40. The lowest BCUT2D eigenvalue weighted by Gasteiger charge is -2.07. The Bertz CT molecular complexity index is 726. The van der Waals surface area contributed by atoms with Crippen molar-refractivity contribution in [3.8, 4) is 0 Å². The maximum Gasteiger partial charge on any atom is 0.0982 e. The number of hydrogen-bond acceptors (Lipinski definition) is 2. The zero-order chi connectivity index (χ0) is 20.2. The Labute approximate surface area is 173 Å². The molecule has 0 heterocycles. The van der Waals surface area contributed by atoms with Crippen LogP contribution in [0, 0.1) is 5.41 Å². The molecule has 3 nitrogen and oxygen atoms in total. The van der Waals surface area contributed by atoms with E-state index in [1.165, 1.54) is 11.8 Å². The van der Waals surface area contributed by atoms with Crippen molar-refractivity contribution < 1.29 is 0 Å². The second-order valence-electron chi connectivity index (χ2n) is 6.45. The lowest BCUT2D eigenvalue weighted by Crippen LogP contribution is -2.16. The molecule has 0 aliphatic rings. The quantitative estimate of drug-likeness (QED) is 0.244. The van der Waals surface area contributed by atoms with Gasteiger partial charge in [-0.1, -0.05) is 66.9 Å². The summed E-state index contributed by atoms with van der Waals surface area (Å²) in [6.45, 7) is 8.78. The lowest BCUT2D eigenvalue weighted by molar-refractivity contribution is 0.795. The molecule has 0 fully saturated rings. The lowest BCUT2D eigenvalue weighted by atomic mass is 10.0. The van der Waals surface area contributed by atoms with E-state index in [4.69, 9.17) is 34.3 Å². The Balaban J connectivity index is 2.60. The van der Waals surface area contributed by atoms with E-state index in [1.54, 1.807) is 18.2 Å². The van der Waals surface area contributed by atoms with E-state index in [1.807, 2.05) is 13.0 Å². The minimum absolute atomic E-state index is 0.434. The Morgan fingerprint density at radius 1 is 1.22 bits per heavy atom. The molecule has 0 atom stereocenters. The molecule has 5 heteroatoms. The van der Waals surface area contributed by atoms with Crippen molar-refractivity contribution in [2.45, 2.75) is 46.0 Å². The summed E-state index contributed by atoms with van der Waals surface area (Å²) in [7, 11) is 0. The van der Waals surface area contributed by atoms with Gasteiger partial charge >= 0.3 is 0 Å². The number of benzene rings is 1. The first kappa shape index (κ1) is 23.2. The van der Waals surface area contributed by atoms with Gasteiger partial charge in [0.2, 0.25) is 0 Å². The smallest absolute Gasteiger partial charge is 0.0982 e. The highest BCUT2D eigenvalue weighted by Crippen LogP contribution is 2.24. The fourth-order valence-electron chi connectivity index (χ4n) is 2.46. The SMILES string of the molecule is C=C(C=CC(CCCC)=C(C)C=N)CCN=C(N)Cc1c(Cl)cccc1Cl. The van der Waals surface area contributed by atoms with E-state index in [0.29, 0.717) is 28.8 Å². The van der Waals surface area contributed by atoms with Gasteiger partial charge in [-0.05, 0) is 55.0 Å². The molecule has 27 heavy (non-hydrogen) atoms. The summed E-state index contributed by atoms with van der Waals surface area (Å²) in [4.78, 5) is 4.40. The van der Waals surface area contributed by atoms with Crippen molar-refractivity contribution in [1.29, 1.82) is 5.41 Å². The van der Waals surface area contributed by atoms with Crippen LogP contribution in [0.3, 0.4) is 0 Å². The molecule has 0 saturated heterocycles. The van der Waals surface area contributed by atoms with Crippen molar-refractivity contribution in [2.75, 3.05) is 6.54 Å². The molecule has 0 spiro atoms. The van der Waals surface area contributed by atoms with E-state index >= 15 is 0 Å². The summed E-state index contributed by atoms with van der Waals surface area (Å²) in [5.74, 6) is 0.505. The highest BCUT2D eigenvalue weighted by Gasteiger charge is 2.07. The summed E-state index contributed by atoms with van der Waals surface area (Å²) >= 11 is 12.3. The maximum absolute atomic E-state index is 7.45. The normalized spacial score (nSPS) is 13.0. The molecule has 146 valence electrons. The Hall–Kier alpha value is -1.84. The van der Waals surface area contributed by atoms with Gasteiger partial charge in [-0.3, -0.25) is 4.99 Å². The van der Waals surface area contributed by atoms with Gasteiger partial charge in [0.1, 0.15) is 0 Å². The third-order valence-corrected chi connectivity index (χ3v) is 4.92. The van der Waals surface area contributed by atoms with Crippen molar-refractivity contribution in [2.24, 2.45) is 10.7 Å². The average Bonchev–Trinajstić information content (AvgIpc) is 2.64. The third kappa shape index (κ3) is 8.59. The van der Waals surface area contributed by atoms with E-state index < -0.39 is 0 Å². The molecule has 0 unspecified atom stereocenters. The minimum atomic E-state index is 0.434. The molecule has 0 aromatic heterocycles. The molecule has 0 aliphatic carbocycles. The van der Waals surface area contributed by atoms with Crippen LogP contribution in [-0.4, -0.2) is 18.6 Å². The summed E-state index contributed by atoms with van der Waals surface area (Å²) in [5, 5.41) is 8.65. The summed E-state index contributed by atoms with van der Waals surface area (Å²) < 4.78 is 0. The number of unbranched alkanes of at least 4 members (excludes halogenated alkanes) is 1. The van der Waals surface area contributed by atoms with Gasteiger partial charge in [-0.15, -0.1) is 0 Å². The van der Waals surface area contributed by atoms with Gasteiger partial charge in [-0.2, -0.15) is 0 Å². The zero-order valence-corrected chi connectivity index (χ0v) is 17.7. The molecule has 1 aromatic rings. The van der Waals surface area contributed by atoms with Gasteiger partial charge in [0.25, 0.3) is 0 Å².